The van der Waals surface area contributed by atoms with Gasteiger partial charge >= 0.3 is 0 Å². The summed E-state index contributed by atoms with van der Waals surface area (Å²) in [5.74, 6) is -0.365. The first-order valence-corrected chi connectivity index (χ1v) is 9.60. The second-order valence-corrected chi connectivity index (χ2v) is 6.77. The molecule has 0 spiro atoms. The van der Waals surface area contributed by atoms with Gasteiger partial charge in [-0.25, -0.2) is 0 Å². The number of aromatic nitrogens is 1. The quantitative estimate of drug-likeness (QED) is 0.684. The van der Waals surface area contributed by atoms with E-state index < -0.39 is 6.10 Å². The van der Waals surface area contributed by atoms with Gasteiger partial charge in [0, 0.05) is 43.2 Å². The molecule has 1 fully saturated rings. The lowest BCUT2D eigenvalue weighted by Gasteiger charge is -2.11. The second kappa shape index (κ2) is 9.85. The predicted octanol–water partition coefficient (Wildman–Crippen LogP) is 2.18. The molecule has 0 radical (unpaired) electrons. The number of amides is 2. The molecule has 0 bridgehead atoms. The molecular formula is C21H25N3O4. The molecule has 2 N–H and O–H groups in total. The van der Waals surface area contributed by atoms with Gasteiger partial charge in [0.1, 0.15) is 6.10 Å². The van der Waals surface area contributed by atoms with Crippen LogP contribution in [-0.4, -0.2) is 35.6 Å². The maximum atomic E-state index is 12.3. The number of hydrogen-bond donors (Lipinski definition) is 2. The number of nitrogens with one attached hydrogen (secondary N) is 2. The van der Waals surface area contributed by atoms with Crippen molar-refractivity contribution >= 4 is 17.5 Å². The Bertz CT molecular complexity index is 872. The highest BCUT2D eigenvalue weighted by Gasteiger charge is 2.23. The van der Waals surface area contributed by atoms with Gasteiger partial charge in [-0.05, 0) is 49.9 Å². The van der Waals surface area contributed by atoms with E-state index in [1.807, 2.05) is 6.07 Å². The van der Waals surface area contributed by atoms with Gasteiger partial charge in [0.05, 0.1) is 0 Å². The Balaban J connectivity index is 1.43. The Hall–Kier alpha value is -2.93. The van der Waals surface area contributed by atoms with Crippen LogP contribution >= 0.6 is 0 Å². The molecule has 1 aliphatic heterocycles. The first-order valence-electron chi connectivity index (χ1n) is 9.60. The van der Waals surface area contributed by atoms with E-state index in [0.717, 1.165) is 25.7 Å². The molecule has 28 heavy (non-hydrogen) atoms. The van der Waals surface area contributed by atoms with Gasteiger partial charge in [0.15, 0.2) is 0 Å². The van der Waals surface area contributed by atoms with Crippen molar-refractivity contribution in [2.75, 3.05) is 18.5 Å². The zero-order chi connectivity index (χ0) is 19.8. The summed E-state index contributed by atoms with van der Waals surface area (Å²) in [6, 6.07) is 11.9. The van der Waals surface area contributed by atoms with Gasteiger partial charge in [0.25, 0.3) is 11.8 Å². The van der Waals surface area contributed by atoms with E-state index in [2.05, 4.69) is 10.6 Å². The zero-order valence-corrected chi connectivity index (χ0v) is 15.7. The summed E-state index contributed by atoms with van der Waals surface area (Å²) >= 11 is 0. The third kappa shape index (κ3) is 5.53. The molecule has 1 aliphatic rings. The third-order valence-electron chi connectivity index (χ3n) is 4.62. The monoisotopic (exact) mass is 383 g/mol. The highest BCUT2D eigenvalue weighted by atomic mass is 16.5. The van der Waals surface area contributed by atoms with Crippen LogP contribution in [0.5, 0.6) is 0 Å². The summed E-state index contributed by atoms with van der Waals surface area (Å²) in [5, 5.41) is 5.67. The van der Waals surface area contributed by atoms with Crippen LogP contribution < -0.4 is 16.2 Å². The molecule has 1 atom stereocenters. The number of carbonyl (C=O) groups is 2. The number of nitrogens with zero attached hydrogens (tertiary/aromatic N) is 1. The van der Waals surface area contributed by atoms with Gasteiger partial charge in [0.2, 0.25) is 5.56 Å². The van der Waals surface area contributed by atoms with Crippen molar-refractivity contribution in [1.29, 1.82) is 0 Å². The summed E-state index contributed by atoms with van der Waals surface area (Å²) in [5.41, 5.74) is 1.05. The van der Waals surface area contributed by atoms with Crippen molar-refractivity contribution in [2.45, 2.75) is 38.3 Å². The van der Waals surface area contributed by atoms with Crippen LogP contribution in [0.2, 0.25) is 0 Å². The molecule has 0 unspecified atom stereocenters. The minimum absolute atomic E-state index is 0.0200. The van der Waals surface area contributed by atoms with E-state index in [-0.39, 0.29) is 17.4 Å². The Morgan fingerprint density at radius 3 is 2.82 bits per heavy atom. The number of ether oxygens (including phenoxy) is 1. The van der Waals surface area contributed by atoms with Crippen LogP contribution in [0.15, 0.2) is 53.5 Å². The average Bonchev–Trinajstić information content (AvgIpc) is 3.24. The van der Waals surface area contributed by atoms with Crippen LogP contribution in [0.1, 0.15) is 36.0 Å². The highest BCUT2D eigenvalue weighted by Crippen LogP contribution is 2.16. The number of aryl methyl sites for hydroxylation is 1. The molecular weight excluding hydrogens is 358 g/mol. The van der Waals surface area contributed by atoms with E-state index in [9.17, 15) is 14.4 Å². The molecule has 2 heterocycles. The predicted molar refractivity (Wildman–Crippen MR) is 106 cm³/mol. The van der Waals surface area contributed by atoms with Crippen molar-refractivity contribution in [3.05, 3.63) is 64.6 Å². The number of carbonyl (C=O) groups excluding carboxylic acids is 2. The van der Waals surface area contributed by atoms with E-state index in [4.69, 9.17) is 4.74 Å². The maximum Gasteiger partial charge on any atom is 0.253 e. The summed E-state index contributed by atoms with van der Waals surface area (Å²) in [6.45, 7) is 1.76. The fourth-order valence-electron chi connectivity index (χ4n) is 3.10. The van der Waals surface area contributed by atoms with Crippen molar-refractivity contribution in [3.63, 3.8) is 0 Å². The fourth-order valence-corrected chi connectivity index (χ4v) is 3.10. The Morgan fingerprint density at radius 2 is 2.04 bits per heavy atom. The lowest BCUT2D eigenvalue weighted by molar-refractivity contribution is -0.124. The average molecular weight is 383 g/mol. The summed E-state index contributed by atoms with van der Waals surface area (Å²) in [4.78, 5) is 36.1. The normalized spacial score (nSPS) is 15.9. The topological polar surface area (TPSA) is 89.4 Å². The van der Waals surface area contributed by atoms with Gasteiger partial charge in [-0.2, -0.15) is 0 Å². The van der Waals surface area contributed by atoms with Crippen LogP contribution in [0.3, 0.4) is 0 Å². The van der Waals surface area contributed by atoms with E-state index in [1.54, 1.807) is 41.1 Å². The first-order chi connectivity index (χ1) is 13.6. The summed E-state index contributed by atoms with van der Waals surface area (Å²) in [6.07, 6.45) is 4.52. The lowest BCUT2D eigenvalue weighted by atomic mass is 10.1. The zero-order valence-electron chi connectivity index (χ0n) is 15.7. The molecule has 1 aromatic carbocycles. The molecule has 3 rings (SSSR count). The van der Waals surface area contributed by atoms with Crippen molar-refractivity contribution < 1.29 is 14.3 Å². The Kier molecular flexibility index (Phi) is 6.97. The van der Waals surface area contributed by atoms with Crippen LogP contribution in [-0.2, 0) is 16.1 Å². The third-order valence-corrected chi connectivity index (χ3v) is 4.62. The highest BCUT2D eigenvalue weighted by molar-refractivity contribution is 5.98. The number of hydrogen-bond acceptors (Lipinski definition) is 4. The number of anilines is 1. The number of rotatable bonds is 8. The number of unbranched alkanes of at least 4 members (excludes halogenated alkanes) is 1. The lowest BCUT2D eigenvalue weighted by Crippen LogP contribution is -2.27. The summed E-state index contributed by atoms with van der Waals surface area (Å²) < 4.78 is 7.02. The van der Waals surface area contributed by atoms with Gasteiger partial charge in [-0.1, -0.05) is 12.1 Å². The van der Waals surface area contributed by atoms with Crippen molar-refractivity contribution in [3.8, 4) is 0 Å². The largest absolute Gasteiger partial charge is 0.368 e. The van der Waals surface area contributed by atoms with Crippen molar-refractivity contribution in [1.82, 2.24) is 9.88 Å². The molecule has 0 saturated carbocycles. The standard InChI is InChI=1S/C21H25N3O4/c25-19-10-1-3-12-24(19)13-4-2-11-22-20(26)16-7-5-8-17(15-16)23-21(27)18-9-6-14-28-18/h1,3,5,7-8,10,12,15,18H,2,4,6,9,11,13-14H2,(H,22,26)(H,23,27)/t18-/m1/s1. The molecule has 7 nitrogen and oxygen atoms in total. The fraction of sp³-hybridized carbons (Fsp3) is 0.381. The molecule has 7 heteroatoms. The van der Waals surface area contributed by atoms with Crippen LogP contribution in [0.25, 0.3) is 0 Å². The molecule has 1 saturated heterocycles. The maximum absolute atomic E-state index is 12.3. The van der Waals surface area contributed by atoms with E-state index in [0.29, 0.717) is 30.9 Å². The molecule has 148 valence electrons. The number of pyridine rings is 1. The molecule has 0 aliphatic carbocycles. The minimum atomic E-state index is -0.408. The summed E-state index contributed by atoms with van der Waals surface area (Å²) in [7, 11) is 0. The van der Waals surface area contributed by atoms with Crippen LogP contribution in [0, 0.1) is 0 Å². The van der Waals surface area contributed by atoms with E-state index >= 15 is 0 Å². The van der Waals surface area contributed by atoms with Gasteiger partial charge in [-0.3, -0.25) is 14.4 Å². The smallest absolute Gasteiger partial charge is 0.253 e. The SMILES string of the molecule is O=C(NCCCCn1ccccc1=O)c1cccc(NC(=O)[C@H]2CCCO2)c1. The Morgan fingerprint density at radius 1 is 1.14 bits per heavy atom. The van der Waals surface area contributed by atoms with Gasteiger partial charge < -0.3 is 19.9 Å². The minimum Gasteiger partial charge on any atom is -0.368 e. The molecule has 2 aromatic rings. The molecule has 2 amide bonds. The molecule has 1 aromatic heterocycles. The van der Waals surface area contributed by atoms with Crippen LogP contribution in [0.4, 0.5) is 5.69 Å². The number of benzene rings is 1. The first kappa shape index (κ1) is 19.8. The van der Waals surface area contributed by atoms with Gasteiger partial charge in [-0.15, -0.1) is 0 Å². The van der Waals surface area contributed by atoms with Crippen molar-refractivity contribution in [2.24, 2.45) is 0 Å². The Labute approximate surface area is 163 Å². The second-order valence-electron chi connectivity index (χ2n) is 6.77. The van der Waals surface area contributed by atoms with E-state index in [1.165, 1.54) is 6.07 Å².